The minimum atomic E-state index is -1.20. The third-order valence-corrected chi connectivity index (χ3v) is 4.47. The van der Waals surface area contributed by atoms with Crippen molar-refractivity contribution >= 4 is 24.1 Å². The van der Waals surface area contributed by atoms with Crippen LogP contribution in [-0.4, -0.2) is 49.4 Å². The van der Waals surface area contributed by atoms with E-state index < -0.39 is 34.7 Å². The number of piperidine rings is 1. The van der Waals surface area contributed by atoms with Crippen LogP contribution in [0.5, 0.6) is 0 Å². The smallest absolute Gasteiger partial charge is 0.225 e. The lowest BCUT2D eigenvalue weighted by Gasteiger charge is -2.32. The number of likely N-dealkylation sites (tertiary alicyclic amines) is 1. The molecular weight excluding hydrogens is 373 g/mol. The summed E-state index contributed by atoms with van der Waals surface area (Å²) in [4.78, 5) is 26.1. The largest absolute Gasteiger partial charge is 0.380 e. The maximum absolute atomic E-state index is 13.8. The standard InChI is InChI=1S/C17H21F3N2O3.ClH/c1-25-12(9-21)8-15(23)22-4-2-10(3-5-22)17(24)16-13(19)6-11(18)7-14(16)20;/h6-7,10,12H,2-5,8-9,21H2,1H3;1H. The molecule has 1 fully saturated rings. The van der Waals surface area contributed by atoms with Crippen molar-refractivity contribution in [2.75, 3.05) is 26.7 Å². The van der Waals surface area contributed by atoms with E-state index in [1.807, 2.05) is 0 Å². The Hall–Kier alpha value is -1.64. The Bertz CT molecular complexity index is 625. The molecule has 2 rings (SSSR count). The molecule has 0 spiro atoms. The predicted molar refractivity (Wildman–Crippen MR) is 91.7 cm³/mol. The van der Waals surface area contributed by atoms with Crippen molar-refractivity contribution in [1.29, 1.82) is 0 Å². The second-order valence-electron chi connectivity index (χ2n) is 6.06. The second kappa shape index (κ2) is 9.89. The molecule has 1 aliphatic rings. The van der Waals surface area contributed by atoms with Crippen LogP contribution in [0.1, 0.15) is 29.6 Å². The number of nitrogens with two attached hydrogens (primary N) is 1. The van der Waals surface area contributed by atoms with E-state index in [1.165, 1.54) is 7.11 Å². The summed E-state index contributed by atoms with van der Waals surface area (Å²) < 4.78 is 45.5. The second-order valence-corrected chi connectivity index (χ2v) is 6.06. The van der Waals surface area contributed by atoms with Crippen LogP contribution < -0.4 is 5.73 Å². The number of hydrogen-bond donors (Lipinski definition) is 1. The topological polar surface area (TPSA) is 72.6 Å². The molecule has 0 radical (unpaired) electrons. The number of halogens is 4. The van der Waals surface area contributed by atoms with Gasteiger partial charge in [0.15, 0.2) is 5.78 Å². The lowest BCUT2D eigenvalue weighted by molar-refractivity contribution is -0.134. The summed E-state index contributed by atoms with van der Waals surface area (Å²) in [6.45, 7) is 0.835. The summed E-state index contributed by atoms with van der Waals surface area (Å²) in [5.74, 6) is -4.91. The van der Waals surface area contributed by atoms with Crippen LogP contribution in [0.4, 0.5) is 13.2 Å². The molecule has 1 aliphatic heterocycles. The lowest BCUT2D eigenvalue weighted by Crippen LogP contribution is -2.42. The Morgan fingerprint density at radius 1 is 1.23 bits per heavy atom. The molecule has 26 heavy (non-hydrogen) atoms. The van der Waals surface area contributed by atoms with Crippen molar-refractivity contribution in [2.45, 2.75) is 25.4 Å². The van der Waals surface area contributed by atoms with Gasteiger partial charge in [-0.1, -0.05) is 0 Å². The molecule has 1 amide bonds. The minimum Gasteiger partial charge on any atom is -0.380 e. The Kier molecular flexibility index (Phi) is 8.52. The van der Waals surface area contributed by atoms with E-state index in [0.717, 1.165) is 0 Å². The fourth-order valence-corrected chi connectivity index (χ4v) is 2.96. The molecule has 5 nitrogen and oxygen atoms in total. The third-order valence-electron chi connectivity index (χ3n) is 4.47. The summed E-state index contributed by atoms with van der Waals surface area (Å²) in [5.41, 5.74) is 4.77. The van der Waals surface area contributed by atoms with Crippen molar-refractivity contribution in [3.05, 3.63) is 35.1 Å². The molecule has 0 aliphatic carbocycles. The van der Waals surface area contributed by atoms with Gasteiger partial charge in [-0.15, -0.1) is 12.4 Å². The van der Waals surface area contributed by atoms with Gasteiger partial charge in [0.2, 0.25) is 5.91 Å². The molecular formula is C17H22ClF3N2O3. The van der Waals surface area contributed by atoms with Crippen molar-refractivity contribution in [2.24, 2.45) is 11.7 Å². The molecule has 146 valence electrons. The van der Waals surface area contributed by atoms with E-state index in [0.29, 0.717) is 38.1 Å². The van der Waals surface area contributed by atoms with Crippen LogP contribution >= 0.6 is 12.4 Å². The molecule has 0 aromatic heterocycles. The molecule has 1 unspecified atom stereocenters. The van der Waals surface area contributed by atoms with E-state index in [4.69, 9.17) is 10.5 Å². The minimum absolute atomic E-state index is 0. The highest BCUT2D eigenvalue weighted by molar-refractivity contribution is 5.98. The number of ether oxygens (including phenoxy) is 1. The number of amides is 1. The first kappa shape index (κ1) is 22.4. The average Bonchev–Trinajstić information content (AvgIpc) is 2.58. The first-order valence-electron chi connectivity index (χ1n) is 8.06. The Morgan fingerprint density at radius 3 is 2.23 bits per heavy atom. The number of Topliss-reactive ketones (excluding diaryl/α,β-unsaturated/α-hetero) is 1. The molecule has 1 atom stereocenters. The number of carbonyl (C=O) groups is 2. The molecule has 1 saturated heterocycles. The van der Waals surface area contributed by atoms with Gasteiger partial charge in [-0.05, 0) is 12.8 Å². The zero-order valence-corrected chi connectivity index (χ0v) is 15.2. The van der Waals surface area contributed by atoms with E-state index in [-0.39, 0.29) is 37.4 Å². The van der Waals surface area contributed by atoms with Crippen molar-refractivity contribution < 1.29 is 27.5 Å². The fraction of sp³-hybridized carbons (Fsp3) is 0.529. The lowest BCUT2D eigenvalue weighted by atomic mass is 9.88. The maximum atomic E-state index is 13.8. The highest BCUT2D eigenvalue weighted by atomic mass is 35.5. The van der Waals surface area contributed by atoms with Crippen molar-refractivity contribution in [3.63, 3.8) is 0 Å². The first-order chi connectivity index (χ1) is 11.9. The first-order valence-corrected chi connectivity index (χ1v) is 8.06. The van der Waals surface area contributed by atoms with Crippen molar-refractivity contribution in [3.8, 4) is 0 Å². The van der Waals surface area contributed by atoms with Gasteiger partial charge in [0, 0.05) is 44.8 Å². The van der Waals surface area contributed by atoms with Crippen LogP contribution in [0, 0.1) is 23.4 Å². The van der Waals surface area contributed by atoms with E-state index >= 15 is 0 Å². The van der Waals surface area contributed by atoms with Gasteiger partial charge in [0.05, 0.1) is 18.1 Å². The summed E-state index contributed by atoms with van der Waals surface area (Å²) in [5, 5.41) is 0. The number of carbonyl (C=O) groups excluding carboxylic acids is 2. The quantitative estimate of drug-likeness (QED) is 0.751. The van der Waals surface area contributed by atoms with Gasteiger partial charge in [-0.3, -0.25) is 9.59 Å². The van der Waals surface area contributed by atoms with E-state index in [9.17, 15) is 22.8 Å². The van der Waals surface area contributed by atoms with Crippen LogP contribution in [0.15, 0.2) is 12.1 Å². The number of methoxy groups -OCH3 is 1. The molecule has 1 aromatic carbocycles. The number of ketones is 1. The van der Waals surface area contributed by atoms with Crippen LogP contribution in [-0.2, 0) is 9.53 Å². The number of nitrogens with zero attached hydrogens (tertiary/aromatic N) is 1. The third kappa shape index (κ3) is 5.18. The average molecular weight is 395 g/mol. The summed E-state index contributed by atoms with van der Waals surface area (Å²) in [7, 11) is 1.47. The highest BCUT2D eigenvalue weighted by Crippen LogP contribution is 2.25. The summed E-state index contributed by atoms with van der Waals surface area (Å²) in [6.07, 6.45) is 0.365. The predicted octanol–water partition coefficient (Wildman–Crippen LogP) is 2.31. The Morgan fingerprint density at radius 2 is 1.77 bits per heavy atom. The van der Waals surface area contributed by atoms with Crippen molar-refractivity contribution in [1.82, 2.24) is 4.90 Å². The molecule has 2 N–H and O–H groups in total. The van der Waals surface area contributed by atoms with Crippen LogP contribution in [0.25, 0.3) is 0 Å². The van der Waals surface area contributed by atoms with Gasteiger partial charge in [-0.25, -0.2) is 13.2 Å². The van der Waals surface area contributed by atoms with Gasteiger partial charge in [-0.2, -0.15) is 0 Å². The zero-order chi connectivity index (χ0) is 18.6. The van der Waals surface area contributed by atoms with Crippen LogP contribution in [0.2, 0.25) is 0 Å². The zero-order valence-electron chi connectivity index (χ0n) is 14.3. The monoisotopic (exact) mass is 394 g/mol. The van der Waals surface area contributed by atoms with Gasteiger partial charge < -0.3 is 15.4 Å². The Labute approximate surface area is 156 Å². The summed E-state index contributed by atoms with van der Waals surface area (Å²) >= 11 is 0. The van der Waals surface area contributed by atoms with E-state index in [2.05, 4.69) is 0 Å². The number of benzene rings is 1. The molecule has 0 bridgehead atoms. The molecule has 9 heteroatoms. The molecule has 1 heterocycles. The van der Waals surface area contributed by atoms with E-state index in [1.54, 1.807) is 4.90 Å². The molecule has 0 saturated carbocycles. The van der Waals surface area contributed by atoms with Gasteiger partial charge in [0.1, 0.15) is 17.5 Å². The summed E-state index contributed by atoms with van der Waals surface area (Å²) in [6, 6.07) is 0.985. The highest BCUT2D eigenvalue weighted by Gasteiger charge is 2.31. The van der Waals surface area contributed by atoms with Gasteiger partial charge in [0.25, 0.3) is 0 Å². The Balaban J connectivity index is 0.00000338. The fourth-order valence-electron chi connectivity index (χ4n) is 2.96. The number of hydrogen-bond acceptors (Lipinski definition) is 4. The maximum Gasteiger partial charge on any atom is 0.225 e. The normalized spacial score (nSPS) is 16.1. The number of rotatable bonds is 6. The molecule has 1 aromatic rings. The van der Waals surface area contributed by atoms with Gasteiger partial charge >= 0.3 is 0 Å². The van der Waals surface area contributed by atoms with Crippen LogP contribution in [0.3, 0.4) is 0 Å². The SMILES string of the molecule is COC(CN)CC(=O)N1CCC(C(=O)c2c(F)cc(F)cc2F)CC1.Cl.